The van der Waals surface area contributed by atoms with Gasteiger partial charge in [-0.3, -0.25) is 0 Å². The molecule has 0 aromatic carbocycles. The minimum absolute atomic E-state index is 0.291. The fraction of sp³-hybridized carbons (Fsp3) is 0.333. The molecule has 3 nitrogen and oxygen atoms in total. The summed E-state index contributed by atoms with van der Waals surface area (Å²) in [6.07, 6.45) is 0. The van der Waals surface area contributed by atoms with Crippen molar-refractivity contribution in [1.82, 2.24) is 10.2 Å². The third-order valence-corrected chi connectivity index (χ3v) is 1.50. The maximum atomic E-state index is 12.5. The average Bonchev–Trinajstić information content (AvgIpc) is 1.93. The van der Waals surface area contributed by atoms with E-state index in [1.807, 2.05) is 0 Å². The van der Waals surface area contributed by atoms with Crippen LogP contribution in [0.5, 0.6) is 0 Å². The van der Waals surface area contributed by atoms with E-state index in [0.717, 1.165) is 0 Å². The molecule has 0 aliphatic heterocycles. The van der Waals surface area contributed by atoms with E-state index in [9.17, 15) is 4.39 Å². The molecule has 0 aliphatic rings. The Balaban J connectivity index is 3.34. The van der Waals surface area contributed by atoms with Crippen molar-refractivity contribution >= 4 is 5.82 Å². The standard InChI is InChI=1S/C6H8FN3/c1-3-4(2)6(8)10-9-5(3)7/h1-2H3,(H2,8,10). The molecule has 0 bridgehead atoms. The number of hydrogen-bond acceptors (Lipinski definition) is 3. The van der Waals surface area contributed by atoms with Crippen LogP contribution in [0, 0.1) is 19.8 Å². The van der Waals surface area contributed by atoms with Gasteiger partial charge in [0.25, 0.3) is 0 Å². The summed E-state index contributed by atoms with van der Waals surface area (Å²) in [4.78, 5) is 0. The molecule has 10 heavy (non-hydrogen) atoms. The molecule has 1 aromatic rings. The predicted molar refractivity (Wildman–Crippen MR) is 35.9 cm³/mol. The molecule has 0 aliphatic carbocycles. The summed E-state index contributed by atoms with van der Waals surface area (Å²) in [5.41, 5.74) is 6.47. The van der Waals surface area contributed by atoms with E-state index in [1.54, 1.807) is 13.8 Å². The normalized spacial score (nSPS) is 9.90. The maximum absolute atomic E-state index is 12.5. The minimum Gasteiger partial charge on any atom is -0.382 e. The Labute approximate surface area is 58.1 Å². The highest BCUT2D eigenvalue weighted by Crippen LogP contribution is 2.12. The van der Waals surface area contributed by atoms with Crippen LogP contribution in [-0.2, 0) is 0 Å². The second-order valence-electron chi connectivity index (χ2n) is 2.13. The molecule has 0 spiro atoms. The van der Waals surface area contributed by atoms with E-state index in [0.29, 0.717) is 16.9 Å². The molecule has 2 N–H and O–H groups in total. The van der Waals surface area contributed by atoms with Crippen molar-refractivity contribution in [2.75, 3.05) is 5.73 Å². The first-order valence-electron chi connectivity index (χ1n) is 2.87. The van der Waals surface area contributed by atoms with Crippen molar-refractivity contribution in [2.45, 2.75) is 13.8 Å². The Bertz CT molecular complexity index is 232. The Morgan fingerprint density at radius 2 is 1.80 bits per heavy atom. The van der Waals surface area contributed by atoms with Gasteiger partial charge >= 0.3 is 0 Å². The number of nitrogen functional groups attached to an aromatic ring is 1. The van der Waals surface area contributed by atoms with Gasteiger partial charge in [0.1, 0.15) is 5.82 Å². The predicted octanol–water partition coefficient (Wildman–Crippen LogP) is 0.815. The van der Waals surface area contributed by atoms with E-state index in [-0.39, 0.29) is 0 Å². The van der Waals surface area contributed by atoms with Crippen molar-refractivity contribution < 1.29 is 4.39 Å². The second-order valence-corrected chi connectivity index (χ2v) is 2.13. The van der Waals surface area contributed by atoms with Crippen molar-refractivity contribution in [3.8, 4) is 0 Å². The smallest absolute Gasteiger partial charge is 0.236 e. The number of nitrogens with two attached hydrogens (primary N) is 1. The van der Waals surface area contributed by atoms with Gasteiger partial charge in [0.05, 0.1) is 0 Å². The summed E-state index contributed by atoms with van der Waals surface area (Å²) in [5, 5.41) is 6.59. The first-order chi connectivity index (χ1) is 4.63. The van der Waals surface area contributed by atoms with Gasteiger partial charge in [0.15, 0.2) is 0 Å². The zero-order valence-electron chi connectivity index (χ0n) is 5.85. The number of aromatic nitrogens is 2. The third kappa shape index (κ3) is 0.920. The molecule has 54 valence electrons. The molecule has 0 amide bonds. The molecule has 1 rings (SSSR count). The Morgan fingerprint density at radius 3 is 2.30 bits per heavy atom. The average molecular weight is 141 g/mol. The summed E-state index contributed by atoms with van der Waals surface area (Å²) in [6, 6.07) is 0. The molecule has 4 heteroatoms. The summed E-state index contributed by atoms with van der Waals surface area (Å²) in [7, 11) is 0. The van der Waals surface area contributed by atoms with E-state index < -0.39 is 5.95 Å². The lowest BCUT2D eigenvalue weighted by Crippen LogP contribution is -2.02. The van der Waals surface area contributed by atoms with Gasteiger partial charge in [0, 0.05) is 11.1 Å². The molecule has 0 atom stereocenters. The second kappa shape index (κ2) is 2.21. The molecule has 0 unspecified atom stereocenters. The van der Waals surface area contributed by atoms with Gasteiger partial charge in [-0.15, -0.1) is 10.2 Å². The quantitative estimate of drug-likeness (QED) is 0.581. The summed E-state index contributed by atoms with van der Waals surface area (Å²) >= 11 is 0. The topological polar surface area (TPSA) is 51.8 Å². The van der Waals surface area contributed by atoms with Crippen LogP contribution in [0.15, 0.2) is 0 Å². The minimum atomic E-state index is -0.549. The SMILES string of the molecule is Cc1c(N)nnc(F)c1C. The molecule has 1 aromatic heterocycles. The van der Waals surface area contributed by atoms with Gasteiger partial charge in [-0.25, -0.2) is 0 Å². The van der Waals surface area contributed by atoms with Gasteiger partial charge in [0.2, 0.25) is 5.95 Å². The monoisotopic (exact) mass is 141 g/mol. The van der Waals surface area contributed by atoms with Crippen molar-refractivity contribution in [1.29, 1.82) is 0 Å². The van der Waals surface area contributed by atoms with E-state index in [4.69, 9.17) is 5.73 Å². The zero-order chi connectivity index (χ0) is 7.72. The Morgan fingerprint density at radius 1 is 1.20 bits per heavy atom. The molecule has 1 heterocycles. The lowest BCUT2D eigenvalue weighted by Gasteiger charge is -2.00. The number of nitrogens with zero attached hydrogens (tertiary/aromatic N) is 2. The largest absolute Gasteiger partial charge is 0.382 e. The zero-order valence-corrected chi connectivity index (χ0v) is 5.85. The Hall–Kier alpha value is -1.19. The van der Waals surface area contributed by atoms with Crippen LogP contribution in [-0.4, -0.2) is 10.2 Å². The number of halogens is 1. The maximum Gasteiger partial charge on any atom is 0.236 e. The molecule has 0 fully saturated rings. The van der Waals surface area contributed by atoms with E-state index in [1.165, 1.54) is 0 Å². The number of hydrogen-bond donors (Lipinski definition) is 1. The molecule has 0 saturated heterocycles. The van der Waals surface area contributed by atoms with Crippen LogP contribution in [0.3, 0.4) is 0 Å². The Kier molecular flexibility index (Phi) is 1.53. The van der Waals surface area contributed by atoms with Crippen LogP contribution in [0.1, 0.15) is 11.1 Å². The fourth-order valence-electron chi connectivity index (χ4n) is 0.595. The van der Waals surface area contributed by atoms with Crippen molar-refractivity contribution in [2.24, 2.45) is 0 Å². The number of anilines is 1. The van der Waals surface area contributed by atoms with Gasteiger partial charge in [-0.2, -0.15) is 4.39 Å². The molecule has 0 radical (unpaired) electrons. The van der Waals surface area contributed by atoms with Crippen LogP contribution in [0.4, 0.5) is 10.2 Å². The van der Waals surface area contributed by atoms with Crippen LogP contribution >= 0.6 is 0 Å². The summed E-state index contributed by atoms with van der Waals surface area (Å²) in [6.45, 7) is 3.33. The number of rotatable bonds is 0. The summed E-state index contributed by atoms with van der Waals surface area (Å²) < 4.78 is 12.5. The third-order valence-electron chi connectivity index (χ3n) is 1.50. The van der Waals surface area contributed by atoms with Gasteiger partial charge in [-0.05, 0) is 13.8 Å². The fourth-order valence-corrected chi connectivity index (χ4v) is 0.595. The van der Waals surface area contributed by atoms with E-state index in [2.05, 4.69) is 10.2 Å². The first-order valence-corrected chi connectivity index (χ1v) is 2.87. The highest BCUT2D eigenvalue weighted by Gasteiger charge is 2.04. The molecular weight excluding hydrogens is 133 g/mol. The summed E-state index contributed by atoms with van der Waals surface area (Å²) in [5.74, 6) is -0.259. The van der Waals surface area contributed by atoms with Crippen LogP contribution in [0.2, 0.25) is 0 Å². The van der Waals surface area contributed by atoms with Crippen molar-refractivity contribution in [3.05, 3.63) is 17.1 Å². The van der Waals surface area contributed by atoms with Crippen molar-refractivity contribution in [3.63, 3.8) is 0 Å². The highest BCUT2D eigenvalue weighted by atomic mass is 19.1. The van der Waals surface area contributed by atoms with Gasteiger partial charge in [-0.1, -0.05) is 0 Å². The van der Waals surface area contributed by atoms with Gasteiger partial charge < -0.3 is 5.73 Å². The van der Waals surface area contributed by atoms with Crippen LogP contribution in [0.25, 0.3) is 0 Å². The lowest BCUT2D eigenvalue weighted by atomic mass is 10.2. The molecular formula is C6H8FN3. The highest BCUT2D eigenvalue weighted by molar-refractivity contribution is 5.40. The van der Waals surface area contributed by atoms with Crippen LogP contribution < -0.4 is 5.73 Å². The lowest BCUT2D eigenvalue weighted by molar-refractivity contribution is 0.553. The molecule has 0 saturated carbocycles. The van der Waals surface area contributed by atoms with E-state index >= 15 is 0 Å². The first kappa shape index (κ1) is 6.92.